The molecule has 8 nitrogen and oxygen atoms in total. The predicted octanol–water partition coefficient (Wildman–Crippen LogP) is 1.64. The summed E-state index contributed by atoms with van der Waals surface area (Å²) in [5.41, 5.74) is 9.04. The zero-order chi connectivity index (χ0) is 16.8. The van der Waals surface area contributed by atoms with Crippen LogP contribution in [0.5, 0.6) is 0 Å². The van der Waals surface area contributed by atoms with Gasteiger partial charge in [0, 0.05) is 5.39 Å². The Kier molecular flexibility index (Phi) is 4.84. The minimum atomic E-state index is -0.492. The number of carbonyl (C=O) groups is 1. The Morgan fingerprint density at radius 1 is 1.48 bits per heavy atom. The van der Waals surface area contributed by atoms with Crippen LogP contribution in [0.25, 0.3) is 10.9 Å². The van der Waals surface area contributed by atoms with Gasteiger partial charge in [-0.15, -0.1) is 0 Å². The van der Waals surface area contributed by atoms with E-state index < -0.39 is 11.8 Å². The molecule has 2 aromatic rings. The fourth-order valence-corrected chi connectivity index (χ4v) is 1.83. The van der Waals surface area contributed by atoms with Gasteiger partial charge in [-0.1, -0.05) is 6.07 Å². The third kappa shape index (κ3) is 3.59. The Hall–Kier alpha value is -3.47. The van der Waals surface area contributed by atoms with Crippen molar-refractivity contribution in [3.63, 3.8) is 0 Å². The first kappa shape index (κ1) is 15.9. The number of nitriles is 1. The van der Waals surface area contributed by atoms with E-state index in [1.54, 1.807) is 43.3 Å². The maximum Gasteiger partial charge on any atom is 0.356 e. The number of ether oxygens (including phenoxy) is 1. The number of aromatic nitrogens is 1. The van der Waals surface area contributed by atoms with Crippen LogP contribution in [-0.2, 0) is 4.74 Å². The van der Waals surface area contributed by atoms with Crippen LogP contribution in [-0.4, -0.2) is 29.1 Å². The molecule has 0 spiro atoms. The van der Waals surface area contributed by atoms with E-state index >= 15 is 0 Å². The third-order valence-corrected chi connectivity index (χ3v) is 2.87. The number of anilines is 1. The van der Waals surface area contributed by atoms with Gasteiger partial charge >= 0.3 is 5.97 Å². The number of nitrogens with zero attached hydrogens (tertiary/aromatic N) is 3. The van der Waals surface area contributed by atoms with Crippen molar-refractivity contribution >= 4 is 34.1 Å². The first-order valence-electron chi connectivity index (χ1n) is 6.72. The molecule has 0 aliphatic carbocycles. The van der Waals surface area contributed by atoms with E-state index in [1.165, 1.54) is 0 Å². The molecule has 1 aromatic carbocycles. The standard InChI is InChI=1S/C15H14N6O2/c1-2-23-15(22)12-7-6-9-10(19-12)4-3-5-11(9)20-21-13(8-16)14(17)18/h3-7,20H,2H2,1H3,(H3,17,18)/b21-13+. The molecule has 0 amide bonds. The summed E-state index contributed by atoms with van der Waals surface area (Å²) in [4.78, 5) is 15.9. The van der Waals surface area contributed by atoms with Gasteiger partial charge in [-0.25, -0.2) is 9.78 Å². The van der Waals surface area contributed by atoms with Crippen LogP contribution in [0, 0.1) is 16.7 Å². The van der Waals surface area contributed by atoms with E-state index in [1.807, 2.05) is 0 Å². The lowest BCUT2D eigenvalue weighted by Gasteiger charge is -2.07. The van der Waals surface area contributed by atoms with Crippen molar-refractivity contribution in [2.45, 2.75) is 6.92 Å². The zero-order valence-electron chi connectivity index (χ0n) is 12.3. The monoisotopic (exact) mass is 310 g/mol. The van der Waals surface area contributed by atoms with E-state index in [0.29, 0.717) is 16.6 Å². The SMILES string of the molecule is CCOC(=O)c1ccc2c(N/N=C(\C#N)C(=N)N)cccc2n1. The lowest BCUT2D eigenvalue weighted by molar-refractivity contribution is 0.0520. The van der Waals surface area contributed by atoms with Crippen LogP contribution in [0.15, 0.2) is 35.4 Å². The zero-order valence-corrected chi connectivity index (χ0v) is 12.3. The van der Waals surface area contributed by atoms with E-state index in [2.05, 4.69) is 15.5 Å². The molecule has 116 valence electrons. The summed E-state index contributed by atoms with van der Waals surface area (Å²) in [6, 6.07) is 10.2. The normalized spacial score (nSPS) is 10.9. The number of hydrazone groups is 1. The number of carbonyl (C=O) groups excluding carboxylic acids is 1. The van der Waals surface area contributed by atoms with E-state index in [-0.39, 0.29) is 18.0 Å². The molecule has 0 saturated carbocycles. The maximum absolute atomic E-state index is 11.7. The van der Waals surface area contributed by atoms with Crippen molar-refractivity contribution in [2.75, 3.05) is 12.0 Å². The molecular weight excluding hydrogens is 296 g/mol. The highest BCUT2D eigenvalue weighted by Gasteiger charge is 2.10. The van der Waals surface area contributed by atoms with Crippen molar-refractivity contribution in [2.24, 2.45) is 10.8 Å². The van der Waals surface area contributed by atoms with Gasteiger partial charge in [-0.05, 0) is 31.2 Å². The summed E-state index contributed by atoms with van der Waals surface area (Å²) in [7, 11) is 0. The van der Waals surface area contributed by atoms with Gasteiger partial charge in [0.25, 0.3) is 0 Å². The van der Waals surface area contributed by atoms with Gasteiger partial charge in [0.15, 0.2) is 5.84 Å². The Balaban J connectivity index is 2.38. The second-order valence-electron chi connectivity index (χ2n) is 4.39. The highest BCUT2D eigenvalue weighted by atomic mass is 16.5. The Morgan fingerprint density at radius 2 is 2.26 bits per heavy atom. The average molecular weight is 310 g/mol. The largest absolute Gasteiger partial charge is 0.461 e. The molecule has 2 rings (SSSR count). The highest BCUT2D eigenvalue weighted by Crippen LogP contribution is 2.22. The number of fused-ring (bicyclic) bond motifs is 1. The van der Waals surface area contributed by atoms with Crippen molar-refractivity contribution in [1.29, 1.82) is 10.7 Å². The molecule has 0 unspecified atom stereocenters. The number of benzene rings is 1. The quantitative estimate of drug-likeness (QED) is 0.332. The number of pyridine rings is 1. The Morgan fingerprint density at radius 3 is 2.91 bits per heavy atom. The molecule has 1 aromatic heterocycles. The van der Waals surface area contributed by atoms with Gasteiger partial charge in [-0.2, -0.15) is 10.4 Å². The number of hydrogen-bond donors (Lipinski definition) is 3. The van der Waals surface area contributed by atoms with Gasteiger partial charge in [0.1, 0.15) is 11.8 Å². The fraction of sp³-hybridized carbons (Fsp3) is 0.133. The van der Waals surface area contributed by atoms with E-state index in [4.69, 9.17) is 21.1 Å². The van der Waals surface area contributed by atoms with Crippen molar-refractivity contribution in [3.8, 4) is 6.07 Å². The average Bonchev–Trinajstić information content (AvgIpc) is 2.55. The van der Waals surface area contributed by atoms with E-state index in [9.17, 15) is 4.79 Å². The minimum Gasteiger partial charge on any atom is -0.461 e. The van der Waals surface area contributed by atoms with Gasteiger partial charge in [0.05, 0.1) is 17.8 Å². The van der Waals surface area contributed by atoms with Gasteiger partial charge in [-0.3, -0.25) is 10.8 Å². The summed E-state index contributed by atoms with van der Waals surface area (Å²) in [5.74, 6) is -0.919. The molecule has 1 heterocycles. The molecule has 0 radical (unpaired) electrons. The maximum atomic E-state index is 11.7. The van der Waals surface area contributed by atoms with Crippen molar-refractivity contribution in [1.82, 2.24) is 4.98 Å². The van der Waals surface area contributed by atoms with Crippen LogP contribution in [0.2, 0.25) is 0 Å². The fourth-order valence-electron chi connectivity index (χ4n) is 1.83. The number of hydrogen-bond acceptors (Lipinski definition) is 7. The number of esters is 1. The highest BCUT2D eigenvalue weighted by molar-refractivity contribution is 6.45. The molecule has 8 heteroatoms. The van der Waals surface area contributed by atoms with Crippen LogP contribution < -0.4 is 11.2 Å². The molecular formula is C15H14N6O2. The van der Waals surface area contributed by atoms with Crippen LogP contribution in [0.3, 0.4) is 0 Å². The third-order valence-electron chi connectivity index (χ3n) is 2.87. The van der Waals surface area contributed by atoms with Crippen molar-refractivity contribution < 1.29 is 9.53 Å². The summed E-state index contributed by atoms with van der Waals surface area (Å²) in [6.07, 6.45) is 0. The molecule has 0 aliphatic rings. The summed E-state index contributed by atoms with van der Waals surface area (Å²) >= 11 is 0. The minimum absolute atomic E-state index is 0.210. The van der Waals surface area contributed by atoms with Crippen LogP contribution >= 0.6 is 0 Å². The molecule has 0 aliphatic heterocycles. The number of amidine groups is 1. The van der Waals surface area contributed by atoms with Gasteiger partial charge in [0.2, 0.25) is 5.71 Å². The van der Waals surface area contributed by atoms with Crippen LogP contribution in [0.4, 0.5) is 5.69 Å². The number of rotatable bonds is 5. The topological polar surface area (TPSA) is 137 Å². The first-order chi connectivity index (χ1) is 11.1. The number of nitrogens with two attached hydrogens (primary N) is 1. The number of nitrogens with one attached hydrogen (secondary N) is 2. The smallest absolute Gasteiger partial charge is 0.356 e. The predicted molar refractivity (Wildman–Crippen MR) is 86.3 cm³/mol. The summed E-state index contributed by atoms with van der Waals surface area (Å²) in [5, 5.41) is 20.5. The molecule has 23 heavy (non-hydrogen) atoms. The Bertz CT molecular complexity index is 837. The summed E-state index contributed by atoms with van der Waals surface area (Å²) < 4.78 is 4.91. The lowest BCUT2D eigenvalue weighted by Crippen LogP contribution is -2.21. The summed E-state index contributed by atoms with van der Waals surface area (Å²) in [6.45, 7) is 2.00. The molecule has 0 saturated heterocycles. The first-order valence-corrected chi connectivity index (χ1v) is 6.72. The Labute approximate surface area is 132 Å². The molecule has 0 fully saturated rings. The second-order valence-corrected chi connectivity index (χ2v) is 4.39. The lowest BCUT2D eigenvalue weighted by atomic mass is 10.1. The van der Waals surface area contributed by atoms with Crippen LogP contribution in [0.1, 0.15) is 17.4 Å². The van der Waals surface area contributed by atoms with Gasteiger partial charge < -0.3 is 10.5 Å². The van der Waals surface area contributed by atoms with Crippen molar-refractivity contribution in [3.05, 3.63) is 36.0 Å². The second kappa shape index (κ2) is 7.00. The molecule has 0 bridgehead atoms. The molecule has 0 atom stereocenters. The van der Waals surface area contributed by atoms with E-state index in [0.717, 1.165) is 0 Å². The molecule has 4 N–H and O–H groups in total.